The molecule has 0 aliphatic carbocycles. The molecular formula is C11H22N4O2S. The molecule has 1 aromatic rings. The van der Waals surface area contributed by atoms with Gasteiger partial charge in [-0.15, -0.1) is 0 Å². The normalized spacial score (nSPS) is 12.0. The first-order chi connectivity index (χ1) is 8.39. The standard InChI is InChI=1S/C11H22N4O2S/c1-10(2)12-7-4-5-9-18(16,17)14-11-6-8-15(3)13-11/h6,8,10,12H,4-5,7,9H2,1-3H3,(H,13,14). The second kappa shape index (κ2) is 6.75. The fraction of sp³-hybridized carbons (Fsp3) is 0.727. The lowest BCUT2D eigenvalue weighted by atomic mass is 10.3. The van der Waals surface area contributed by atoms with E-state index in [2.05, 4.69) is 29.0 Å². The van der Waals surface area contributed by atoms with Crippen molar-refractivity contribution >= 4 is 15.8 Å². The van der Waals surface area contributed by atoms with Crippen molar-refractivity contribution in [3.05, 3.63) is 12.3 Å². The Morgan fingerprint density at radius 3 is 2.67 bits per heavy atom. The molecule has 0 bridgehead atoms. The molecule has 104 valence electrons. The van der Waals surface area contributed by atoms with Crippen LogP contribution in [-0.4, -0.2) is 36.5 Å². The number of aromatic nitrogens is 2. The molecule has 18 heavy (non-hydrogen) atoms. The number of nitrogens with one attached hydrogen (secondary N) is 2. The van der Waals surface area contributed by atoms with Crippen molar-refractivity contribution < 1.29 is 8.42 Å². The average molecular weight is 274 g/mol. The summed E-state index contributed by atoms with van der Waals surface area (Å²) in [5.74, 6) is 0.501. The van der Waals surface area contributed by atoms with E-state index in [0.29, 0.717) is 18.3 Å². The van der Waals surface area contributed by atoms with Gasteiger partial charge in [0, 0.05) is 25.4 Å². The lowest BCUT2D eigenvalue weighted by Crippen LogP contribution is -2.24. The molecule has 1 aromatic heterocycles. The lowest BCUT2D eigenvalue weighted by molar-refractivity contribution is 0.561. The molecule has 0 aliphatic rings. The first-order valence-electron chi connectivity index (χ1n) is 6.12. The van der Waals surface area contributed by atoms with Gasteiger partial charge < -0.3 is 5.32 Å². The van der Waals surface area contributed by atoms with Gasteiger partial charge in [-0.25, -0.2) is 8.42 Å². The number of sulfonamides is 1. The van der Waals surface area contributed by atoms with Crippen molar-refractivity contribution in [2.75, 3.05) is 17.0 Å². The Hall–Kier alpha value is -1.08. The van der Waals surface area contributed by atoms with Gasteiger partial charge >= 0.3 is 0 Å². The van der Waals surface area contributed by atoms with Crippen molar-refractivity contribution in [2.24, 2.45) is 7.05 Å². The van der Waals surface area contributed by atoms with E-state index in [1.807, 2.05) is 0 Å². The highest BCUT2D eigenvalue weighted by Crippen LogP contribution is 2.06. The smallest absolute Gasteiger partial charge is 0.233 e. The fourth-order valence-corrected chi connectivity index (χ4v) is 2.60. The number of aryl methyl sites for hydroxylation is 1. The highest BCUT2D eigenvalue weighted by atomic mass is 32.2. The molecule has 0 atom stereocenters. The molecule has 0 aliphatic heterocycles. The number of unbranched alkanes of at least 4 members (excludes halogenated alkanes) is 1. The first-order valence-corrected chi connectivity index (χ1v) is 7.78. The van der Waals surface area contributed by atoms with Gasteiger partial charge in [0.25, 0.3) is 0 Å². The first kappa shape index (κ1) is 15.0. The van der Waals surface area contributed by atoms with E-state index in [4.69, 9.17) is 0 Å². The van der Waals surface area contributed by atoms with Gasteiger partial charge in [0.1, 0.15) is 0 Å². The summed E-state index contributed by atoms with van der Waals surface area (Å²) in [5.41, 5.74) is 0. The zero-order valence-electron chi connectivity index (χ0n) is 11.2. The number of hydrogen-bond donors (Lipinski definition) is 2. The van der Waals surface area contributed by atoms with E-state index >= 15 is 0 Å². The topological polar surface area (TPSA) is 76.0 Å². The van der Waals surface area contributed by atoms with Gasteiger partial charge in [0.2, 0.25) is 10.0 Å². The van der Waals surface area contributed by atoms with E-state index in [1.165, 1.54) is 0 Å². The Morgan fingerprint density at radius 2 is 2.11 bits per heavy atom. The fourth-order valence-electron chi connectivity index (χ4n) is 1.49. The minimum Gasteiger partial charge on any atom is -0.315 e. The largest absolute Gasteiger partial charge is 0.315 e. The maximum atomic E-state index is 11.7. The number of anilines is 1. The van der Waals surface area contributed by atoms with Crippen LogP contribution in [0.15, 0.2) is 12.3 Å². The molecule has 0 fully saturated rings. The summed E-state index contributed by atoms with van der Waals surface area (Å²) in [7, 11) is -1.53. The maximum Gasteiger partial charge on any atom is 0.233 e. The number of nitrogens with zero attached hydrogens (tertiary/aromatic N) is 2. The molecule has 0 radical (unpaired) electrons. The Bertz CT molecular complexity index is 453. The van der Waals surface area contributed by atoms with Crippen molar-refractivity contribution in [3.63, 3.8) is 0 Å². The third-order valence-electron chi connectivity index (χ3n) is 2.37. The van der Waals surface area contributed by atoms with E-state index in [1.54, 1.807) is 24.0 Å². The summed E-state index contributed by atoms with van der Waals surface area (Å²) in [6.45, 7) is 4.98. The molecule has 0 aromatic carbocycles. The summed E-state index contributed by atoms with van der Waals surface area (Å²) in [6.07, 6.45) is 3.19. The van der Waals surface area contributed by atoms with Crippen LogP contribution in [0.3, 0.4) is 0 Å². The van der Waals surface area contributed by atoms with Crippen molar-refractivity contribution in [2.45, 2.75) is 32.7 Å². The SMILES string of the molecule is CC(C)NCCCCS(=O)(=O)Nc1ccn(C)n1. The minimum absolute atomic E-state index is 0.128. The summed E-state index contributed by atoms with van der Waals surface area (Å²) >= 11 is 0. The van der Waals surface area contributed by atoms with E-state index < -0.39 is 10.0 Å². The van der Waals surface area contributed by atoms with Crippen LogP contribution in [0.1, 0.15) is 26.7 Å². The van der Waals surface area contributed by atoms with E-state index in [0.717, 1.165) is 13.0 Å². The van der Waals surface area contributed by atoms with Gasteiger partial charge in [0.05, 0.1) is 5.75 Å². The number of rotatable bonds is 8. The third kappa shape index (κ3) is 6.02. The van der Waals surface area contributed by atoms with Gasteiger partial charge in [-0.05, 0) is 19.4 Å². The molecule has 1 rings (SSSR count). The molecule has 0 unspecified atom stereocenters. The summed E-state index contributed by atoms with van der Waals surface area (Å²) in [4.78, 5) is 0. The maximum absolute atomic E-state index is 11.7. The van der Waals surface area contributed by atoms with Crippen LogP contribution < -0.4 is 10.0 Å². The van der Waals surface area contributed by atoms with Crippen LogP contribution in [-0.2, 0) is 17.1 Å². The Kier molecular flexibility index (Phi) is 5.61. The predicted molar refractivity (Wildman–Crippen MR) is 73.0 cm³/mol. The summed E-state index contributed by atoms with van der Waals surface area (Å²) < 4.78 is 27.5. The zero-order valence-corrected chi connectivity index (χ0v) is 12.0. The number of hydrogen-bond acceptors (Lipinski definition) is 4. The molecule has 6 nitrogen and oxygen atoms in total. The van der Waals surface area contributed by atoms with Crippen LogP contribution in [0, 0.1) is 0 Å². The molecule has 0 spiro atoms. The van der Waals surface area contributed by atoms with Crippen molar-refractivity contribution in [1.82, 2.24) is 15.1 Å². The predicted octanol–water partition coefficient (Wildman–Crippen LogP) is 0.940. The van der Waals surface area contributed by atoms with Gasteiger partial charge in [-0.2, -0.15) is 5.10 Å². The Labute approximate surface area is 109 Å². The van der Waals surface area contributed by atoms with Crippen molar-refractivity contribution in [3.8, 4) is 0 Å². The highest BCUT2D eigenvalue weighted by molar-refractivity contribution is 7.92. The van der Waals surface area contributed by atoms with Crippen LogP contribution in [0.2, 0.25) is 0 Å². The molecule has 0 amide bonds. The van der Waals surface area contributed by atoms with E-state index in [9.17, 15) is 8.42 Å². The third-order valence-corrected chi connectivity index (χ3v) is 3.71. The monoisotopic (exact) mass is 274 g/mol. The minimum atomic E-state index is -3.28. The lowest BCUT2D eigenvalue weighted by Gasteiger charge is -2.08. The zero-order chi connectivity index (χ0) is 13.6. The van der Waals surface area contributed by atoms with Gasteiger partial charge in [-0.3, -0.25) is 9.40 Å². The van der Waals surface area contributed by atoms with Gasteiger partial charge in [-0.1, -0.05) is 13.8 Å². The molecule has 1 heterocycles. The molecular weight excluding hydrogens is 252 g/mol. The molecule has 7 heteroatoms. The van der Waals surface area contributed by atoms with Crippen LogP contribution >= 0.6 is 0 Å². The Morgan fingerprint density at radius 1 is 1.39 bits per heavy atom. The molecule has 0 saturated heterocycles. The second-order valence-electron chi connectivity index (χ2n) is 4.61. The molecule has 2 N–H and O–H groups in total. The Balaban J connectivity index is 2.28. The molecule has 0 saturated carbocycles. The van der Waals surface area contributed by atoms with Crippen LogP contribution in [0.5, 0.6) is 0 Å². The van der Waals surface area contributed by atoms with E-state index in [-0.39, 0.29) is 5.75 Å². The van der Waals surface area contributed by atoms with Crippen LogP contribution in [0.4, 0.5) is 5.82 Å². The van der Waals surface area contributed by atoms with Gasteiger partial charge in [0.15, 0.2) is 5.82 Å². The quantitative estimate of drug-likeness (QED) is 0.692. The second-order valence-corrected chi connectivity index (χ2v) is 6.45. The summed E-state index contributed by atoms with van der Waals surface area (Å²) in [5, 5.41) is 7.23. The summed E-state index contributed by atoms with van der Waals surface area (Å²) in [6, 6.07) is 2.07. The average Bonchev–Trinajstić information content (AvgIpc) is 2.61. The highest BCUT2D eigenvalue weighted by Gasteiger charge is 2.11. The van der Waals surface area contributed by atoms with Crippen molar-refractivity contribution in [1.29, 1.82) is 0 Å². The van der Waals surface area contributed by atoms with Crippen LogP contribution in [0.25, 0.3) is 0 Å².